The largest absolute Gasteiger partial charge is 0.469 e. The Hall–Kier alpha value is -0.790. The Morgan fingerprint density at radius 1 is 0.794 bits per heavy atom. The van der Waals surface area contributed by atoms with Crippen LogP contribution in [0.15, 0.2) is 11.6 Å². The monoisotopic (exact) mass is 468 g/mol. The highest BCUT2D eigenvalue weighted by Gasteiger charge is 2.71. The number of carbonyl (C=O) groups excluding carboxylic acids is 1. The van der Waals surface area contributed by atoms with Crippen molar-refractivity contribution in [2.45, 2.75) is 119 Å². The molecular weight excluding hydrogens is 416 g/mol. The van der Waals surface area contributed by atoms with Gasteiger partial charge in [-0.05, 0) is 129 Å². The molecule has 5 saturated carbocycles. The van der Waals surface area contributed by atoms with Gasteiger partial charge in [0, 0.05) is 0 Å². The van der Waals surface area contributed by atoms with E-state index in [0.29, 0.717) is 39.4 Å². The van der Waals surface area contributed by atoms with Gasteiger partial charge in [-0.2, -0.15) is 0 Å². The Balaban J connectivity index is 1.57. The molecule has 5 aliphatic rings. The number of ether oxygens (including phenoxy) is 1. The van der Waals surface area contributed by atoms with Crippen LogP contribution in [0.4, 0.5) is 0 Å². The molecule has 9 unspecified atom stereocenters. The van der Waals surface area contributed by atoms with Gasteiger partial charge in [-0.3, -0.25) is 4.79 Å². The third-order valence-corrected chi connectivity index (χ3v) is 13.4. The number of fused-ring (bicyclic) bond motifs is 7. The van der Waals surface area contributed by atoms with E-state index in [-0.39, 0.29) is 11.4 Å². The zero-order valence-corrected chi connectivity index (χ0v) is 23.6. The Bertz CT molecular complexity index is 866. The van der Waals surface area contributed by atoms with Crippen molar-refractivity contribution in [1.82, 2.24) is 0 Å². The second-order valence-electron chi connectivity index (χ2n) is 15.1. The number of allylic oxidation sites excluding steroid dienone is 2. The van der Waals surface area contributed by atoms with Crippen molar-refractivity contribution in [3.63, 3.8) is 0 Å². The lowest BCUT2D eigenvalue weighted by molar-refractivity contribution is -0.238. The van der Waals surface area contributed by atoms with Crippen LogP contribution < -0.4 is 0 Å². The molecule has 34 heavy (non-hydrogen) atoms. The van der Waals surface area contributed by atoms with Crippen LogP contribution >= 0.6 is 0 Å². The van der Waals surface area contributed by atoms with Gasteiger partial charge in [0.2, 0.25) is 0 Å². The summed E-state index contributed by atoms with van der Waals surface area (Å²) in [5.74, 6) is 3.43. The molecule has 0 saturated heterocycles. The van der Waals surface area contributed by atoms with E-state index in [4.69, 9.17) is 4.74 Å². The van der Waals surface area contributed by atoms with E-state index < -0.39 is 0 Å². The summed E-state index contributed by atoms with van der Waals surface area (Å²) in [6, 6.07) is 0. The topological polar surface area (TPSA) is 26.3 Å². The van der Waals surface area contributed by atoms with E-state index in [9.17, 15) is 4.79 Å². The van der Waals surface area contributed by atoms with Gasteiger partial charge in [-0.1, -0.05) is 52.7 Å². The minimum absolute atomic E-state index is 0.0983. The van der Waals surface area contributed by atoms with Gasteiger partial charge >= 0.3 is 5.97 Å². The lowest BCUT2D eigenvalue weighted by atomic mass is 9.32. The van der Waals surface area contributed by atoms with Crippen LogP contribution in [0, 0.1) is 56.7 Å². The third kappa shape index (κ3) is 3.08. The first-order chi connectivity index (χ1) is 15.9. The SMILES string of the molecule is COC(=O)C12CCC(C=C(C)C)C1C1CCC3C4(C)CCCC(C)(C)C4CCC3(C)C1(C)CC2. The normalized spacial score (nSPS) is 51.4. The molecule has 0 spiro atoms. The molecule has 0 heterocycles. The predicted molar refractivity (Wildman–Crippen MR) is 140 cm³/mol. The summed E-state index contributed by atoms with van der Waals surface area (Å²) in [7, 11) is 1.63. The molecule has 5 fully saturated rings. The second kappa shape index (κ2) is 7.85. The van der Waals surface area contributed by atoms with Gasteiger partial charge < -0.3 is 4.74 Å². The molecule has 0 bridgehead atoms. The fourth-order valence-corrected chi connectivity index (χ4v) is 11.9. The van der Waals surface area contributed by atoms with E-state index in [2.05, 4.69) is 54.5 Å². The van der Waals surface area contributed by atoms with Gasteiger partial charge in [0.1, 0.15) is 0 Å². The molecule has 9 atom stereocenters. The molecule has 0 aromatic rings. The van der Waals surface area contributed by atoms with E-state index in [1.54, 1.807) is 7.11 Å². The summed E-state index contributed by atoms with van der Waals surface area (Å²) in [5, 5.41) is 0. The van der Waals surface area contributed by atoms with Crippen LogP contribution in [0.5, 0.6) is 0 Å². The van der Waals surface area contributed by atoms with Crippen molar-refractivity contribution >= 4 is 5.97 Å². The summed E-state index contributed by atoms with van der Waals surface area (Å²) >= 11 is 0. The van der Waals surface area contributed by atoms with Crippen molar-refractivity contribution in [3.05, 3.63) is 11.6 Å². The average Bonchev–Trinajstić information content (AvgIpc) is 3.12. The maximum atomic E-state index is 13.4. The quantitative estimate of drug-likeness (QED) is 0.299. The van der Waals surface area contributed by atoms with Crippen LogP contribution in [-0.4, -0.2) is 13.1 Å². The molecule has 192 valence electrons. The molecule has 2 heteroatoms. The maximum absolute atomic E-state index is 13.4. The van der Waals surface area contributed by atoms with Crippen molar-refractivity contribution in [1.29, 1.82) is 0 Å². The number of hydrogen-bond acceptors (Lipinski definition) is 2. The predicted octanol–water partition coefficient (Wildman–Crippen LogP) is 8.60. The minimum atomic E-state index is -0.243. The Morgan fingerprint density at radius 2 is 1.53 bits per heavy atom. The minimum Gasteiger partial charge on any atom is -0.469 e. The Kier molecular flexibility index (Phi) is 5.75. The molecule has 0 aromatic heterocycles. The van der Waals surface area contributed by atoms with Crippen LogP contribution in [0.3, 0.4) is 0 Å². The van der Waals surface area contributed by atoms with Gasteiger partial charge in [0.25, 0.3) is 0 Å². The Labute approximate surface area is 210 Å². The molecule has 5 rings (SSSR count). The molecular formula is C32H52O2. The summed E-state index contributed by atoms with van der Waals surface area (Å²) in [6.07, 6.45) is 16.7. The van der Waals surface area contributed by atoms with E-state index in [0.717, 1.165) is 31.1 Å². The smallest absolute Gasteiger partial charge is 0.312 e. The summed E-state index contributed by atoms with van der Waals surface area (Å²) in [4.78, 5) is 13.4. The van der Waals surface area contributed by atoms with Crippen LogP contribution in [0.1, 0.15) is 119 Å². The molecule has 0 N–H and O–H groups in total. The Morgan fingerprint density at radius 3 is 2.21 bits per heavy atom. The van der Waals surface area contributed by atoms with Crippen LogP contribution in [-0.2, 0) is 9.53 Å². The second-order valence-corrected chi connectivity index (χ2v) is 15.1. The molecule has 0 aliphatic heterocycles. The lowest BCUT2D eigenvalue weighted by Crippen LogP contribution is -2.66. The number of rotatable bonds is 2. The highest BCUT2D eigenvalue weighted by molar-refractivity contribution is 5.78. The molecule has 0 radical (unpaired) electrons. The van der Waals surface area contributed by atoms with Gasteiger partial charge in [0.05, 0.1) is 12.5 Å². The van der Waals surface area contributed by atoms with Gasteiger partial charge in [-0.25, -0.2) is 0 Å². The summed E-state index contributed by atoms with van der Waals surface area (Å²) in [6.45, 7) is 17.7. The van der Waals surface area contributed by atoms with Crippen molar-refractivity contribution in [2.24, 2.45) is 56.7 Å². The molecule has 5 aliphatic carbocycles. The summed E-state index contributed by atoms with van der Waals surface area (Å²) in [5.41, 5.74) is 2.84. The summed E-state index contributed by atoms with van der Waals surface area (Å²) < 4.78 is 5.54. The fourth-order valence-electron chi connectivity index (χ4n) is 11.9. The van der Waals surface area contributed by atoms with Crippen molar-refractivity contribution in [3.8, 4) is 0 Å². The number of methoxy groups -OCH3 is 1. The fraction of sp³-hybridized carbons (Fsp3) is 0.906. The highest BCUT2D eigenvalue weighted by Crippen LogP contribution is 2.77. The van der Waals surface area contributed by atoms with Gasteiger partial charge in [0.15, 0.2) is 0 Å². The first-order valence-corrected chi connectivity index (χ1v) is 14.6. The van der Waals surface area contributed by atoms with Crippen LogP contribution in [0.2, 0.25) is 0 Å². The van der Waals surface area contributed by atoms with E-state index in [1.165, 1.54) is 56.9 Å². The first kappa shape index (κ1) is 24.9. The van der Waals surface area contributed by atoms with Gasteiger partial charge in [-0.15, -0.1) is 0 Å². The maximum Gasteiger partial charge on any atom is 0.312 e. The number of carbonyl (C=O) groups is 1. The van der Waals surface area contributed by atoms with E-state index >= 15 is 0 Å². The third-order valence-electron chi connectivity index (χ3n) is 13.4. The standard InChI is InChI=1S/C32H52O2/c1-21(2)20-22-12-17-32(27(33)34-8)19-18-30(6)23(26(22)32)10-11-25-29(5)15-9-14-28(3,4)24(29)13-16-31(25,30)7/h20,22-26H,9-19H2,1-8H3. The number of esters is 1. The van der Waals surface area contributed by atoms with Crippen molar-refractivity contribution < 1.29 is 9.53 Å². The first-order valence-electron chi connectivity index (χ1n) is 14.6. The molecule has 0 aromatic carbocycles. The number of hydrogen-bond donors (Lipinski definition) is 0. The highest BCUT2D eigenvalue weighted by atomic mass is 16.5. The average molecular weight is 469 g/mol. The zero-order chi connectivity index (χ0) is 24.7. The van der Waals surface area contributed by atoms with E-state index in [1.807, 2.05) is 0 Å². The zero-order valence-electron chi connectivity index (χ0n) is 23.6. The lowest BCUT2D eigenvalue weighted by Gasteiger charge is -2.72. The van der Waals surface area contributed by atoms with Crippen LogP contribution in [0.25, 0.3) is 0 Å². The molecule has 0 amide bonds. The molecule has 2 nitrogen and oxygen atoms in total. The van der Waals surface area contributed by atoms with Crippen molar-refractivity contribution in [2.75, 3.05) is 7.11 Å².